The minimum atomic E-state index is -3.79. The molecule has 2 N–H and O–H groups in total. The van der Waals surface area contributed by atoms with E-state index in [1.807, 2.05) is 0 Å². The first-order valence-corrected chi connectivity index (χ1v) is 6.74. The number of benzene rings is 1. The third-order valence-electron chi connectivity index (χ3n) is 2.16. The quantitative estimate of drug-likeness (QED) is 0.665. The number of hydroxylamine groups is 1. The Bertz CT molecular complexity index is 518. The number of nitrogen functional groups attached to an aromatic ring is 1. The van der Waals surface area contributed by atoms with Crippen molar-refractivity contribution < 1.29 is 18.0 Å². The van der Waals surface area contributed by atoms with Gasteiger partial charge in [0.2, 0.25) is 0 Å². The molecule has 96 valence electrons. The molecule has 0 fully saturated rings. The van der Waals surface area contributed by atoms with Crippen LogP contribution in [0.25, 0.3) is 0 Å². The Hall–Kier alpha value is -0.830. The summed E-state index contributed by atoms with van der Waals surface area (Å²) in [6.07, 6.45) is 0. The SMILES string of the molecule is COc1cc(Br)c(N)cc1S(=O)(=O)N(C)OC. The molecule has 0 spiro atoms. The van der Waals surface area contributed by atoms with E-state index in [-0.39, 0.29) is 10.6 Å². The van der Waals surface area contributed by atoms with Crippen LogP contribution in [0.15, 0.2) is 21.5 Å². The molecule has 6 nitrogen and oxygen atoms in total. The summed E-state index contributed by atoms with van der Waals surface area (Å²) in [7, 11) is 0.134. The first-order valence-electron chi connectivity index (χ1n) is 4.50. The van der Waals surface area contributed by atoms with Gasteiger partial charge in [-0.2, -0.15) is 0 Å². The number of nitrogens with zero attached hydrogens (tertiary/aromatic N) is 1. The van der Waals surface area contributed by atoms with Crippen LogP contribution in [-0.2, 0) is 14.9 Å². The van der Waals surface area contributed by atoms with E-state index < -0.39 is 10.0 Å². The van der Waals surface area contributed by atoms with Crippen molar-refractivity contribution in [3.8, 4) is 5.75 Å². The Morgan fingerprint density at radius 2 is 1.94 bits per heavy atom. The average molecular weight is 325 g/mol. The van der Waals surface area contributed by atoms with Gasteiger partial charge in [0.05, 0.1) is 14.2 Å². The summed E-state index contributed by atoms with van der Waals surface area (Å²) in [6.45, 7) is 0. The number of halogens is 1. The van der Waals surface area contributed by atoms with Crippen molar-refractivity contribution in [2.24, 2.45) is 0 Å². The zero-order chi connectivity index (χ0) is 13.2. The summed E-state index contributed by atoms with van der Waals surface area (Å²) in [6, 6.07) is 2.81. The van der Waals surface area contributed by atoms with E-state index in [1.54, 1.807) is 0 Å². The molecule has 0 aliphatic rings. The fraction of sp³-hybridized carbons (Fsp3) is 0.333. The van der Waals surface area contributed by atoms with Crippen LogP contribution in [0.4, 0.5) is 5.69 Å². The molecule has 0 aliphatic heterocycles. The molecular formula is C9H13BrN2O4S. The van der Waals surface area contributed by atoms with Crippen LogP contribution in [0.1, 0.15) is 0 Å². The smallest absolute Gasteiger partial charge is 0.268 e. The second-order valence-electron chi connectivity index (χ2n) is 3.12. The molecule has 1 aromatic carbocycles. The lowest BCUT2D eigenvalue weighted by Crippen LogP contribution is -2.26. The molecular weight excluding hydrogens is 312 g/mol. The van der Waals surface area contributed by atoms with E-state index in [0.717, 1.165) is 4.47 Å². The van der Waals surface area contributed by atoms with E-state index in [1.165, 1.54) is 33.4 Å². The first kappa shape index (κ1) is 14.2. The Morgan fingerprint density at radius 3 is 2.41 bits per heavy atom. The first-order chi connectivity index (χ1) is 7.84. The van der Waals surface area contributed by atoms with E-state index in [9.17, 15) is 8.42 Å². The number of anilines is 1. The van der Waals surface area contributed by atoms with Gasteiger partial charge < -0.3 is 10.5 Å². The molecule has 0 atom stereocenters. The average Bonchev–Trinajstić information content (AvgIpc) is 2.30. The van der Waals surface area contributed by atoms with Crippen LogP contribution >= 0.6 is 15.9 Å². The molecule has 17 heavy (non-hydrogen) atoms. The molecule has 1 rings (SSSR count). The van der Waals surface area contributed by atoms with Crippen LogP contribution in [0.2, 0.25) is 0 Å². The molecule has 0 aliphatic carbocycles. The third kappa shape index (κ3) is 2.71. The van der Waals surface area contributed by atoms with E-state index >= 15 is 0 Å². The van der Waals surface area contributed by atoms with Crippen LogP contribution in [0.3, 0.4) is 0 Å². The summed E-state index contributed by atoms with van der Waals surface area (Å²) in [5.41, 5.74) is 5.96. The number of ether oxygens (including phenoxy) is 1. The lowest BCUT2D eigenvalue weighted by Gasteiger charge is -2.17. The summed E-state index contributed by atoms with van der Waals surface area (Å²) in [5.74, 6) is 0.190. The van der Waals surface area contributed by atoms with Gasteiger partial charge in [-0.05, 0) is 28.1 Å². The Balaban J connectivity index is 3.45. The lowest BCUT2D eigenvalue weighted by atomic mass is 10.3. The predicted molar refractivity (Wildman–Crippen MR) is 67.1 cm³/mol. The van der Waals surface area contributed by atoms with Crippen molar-refractivity contribution in [3.05, 3.63) is 16.6 Å². The minimum absolute atomic E-state index is 0.0509. The highest BCUT2D eigenvalue weighted by Crippen LogP contribution is 2.33. The Labute approximate surface area is 108 Å². The van der Waals surface area contributed by atoms with E-state index in [2.05, 4.69) is 20.8 Å². The summed E-state index contributed by atoms with van der Waals surface area (Å²) >= 11 is 3.20. The maximum Gasteiger partial charge on any atom is 0.268 e. The third-order valence-corrected chi connectivity index (χ3v) is 4.54. The second-order valence-corrected chi connectivity index (χ2v) is 5.88. The van der Waals surface area contributed by atoms with Crippen LogP contribution in [-0.4, -0.2) is 34.2 Å². The highest BCUT2D eigenvalue weighted by molar-refractivity contribution is 9.10. The summed E-state index contributed by atoms with van der Waals surface area (Å²) in [4.78, 5) is 4.63. The number of hydrogen-bond acceptors (Lipinski definition) is 5. The van der Waals surface area contributed by atoms with Crippen molar-refractivity contribution in [1.82, 2.24) is 4.47 Å². The maximum atomic E-state index is 12.1. The van der Waals surface area contributed by atoms with E-state index in [4.69, 9.17) is 10.5 Å². The van der Waals surface area contributed by atoms with Crippen molar-refractivity contribution in [3.63, 3.8) is 0 Å². The van der Waals surface area contributed by atoms with Gasteiger partial charge in [-0.25, -0.2) is 8.42 Å². The zero-order valence-corrected chi connectivity index (χ0v) is 12.0. The molecule has 1 aromatic rings. The van der Waals surface area contributed by atoms with Gasteiger partial charge in [-0.3, -0.25) is 4.84 Å². The Kier molecular flexibility index (Phi) is 4.36. The van der Waals surface area contributed by atoms with Gasteiger partial charge >= 0.3 is 0 Å². The minimum Gasteiger partial charge on any atom is -0.495 e. The van der Waals surface area contributed by atoms with Gasteiger partial charge in [0.25, 0.3) is 10.0 Å². The topological polar surface area (TPSA) is 81.9 Å². The van der Waals surface area contributed by atoms with Gasteiger partial charge in [0.15, 0.2) is 0 Å². The van der Waals surface area contributed by atoms with Crippen molar-refractivity contribution in [2.75, 3.05) is 27.0 Å². The monoisotopic (exact) mass is 324 g/mol. The fourth-order valence-electron chi connectivity index (χ4n) is 1.15. The number of sulfonamides is 1. The zero-order valence-electron chi connectivity index (χ0n) is 9.60. The molecule has 0 saturated carbocycles. The van der Waals surface area contributed by atoms with Gasteiger partial charge in [0.1, 0.15) is 10.6 Å². The summed E-state index contributed by atoms with van der Waals surface area (Å²) in [5, 5.41) is 0. The molecule has 0 bridgehead atoms. The normalized spacial score (nSPS) is 11.8. The second kappa shape index (κ2) is 5.21. The maximum absolute atomic E-state index is 12.1. The number of methoxy groups -OCH3 is 1. The van der Waals surface area contributed by atoms with Crippen molar-refractivity contribution in [1.29, 1.82) is 0 Å². The fourth-order valence-corrected chi connectivity index (χ4v) is 2.62. The lowest BCUT2D eigenvalue weighted by molar-refractivity contribution is -0.0259. The largest absolute Gasteiger partial charge is 0.495 e. The molecule has 0 saturated heterocycles. The highest BCUT2D eigenvalue weighted by Gasteiger charge is 2.26. The predicted octanol–water partition coefficient (Wildman–Crippen LogP) is 1.22. The Morgan fingerprint density at radius 1 is 1.35 bits per heavy atom. The molecule has 0 amide bonds. The molecule has 0 aromatic heterocycles. The van der Waals surface area contributed by atoms with Crippen LogP contribution < -0.4 is 10.5 Å². The van der Waals surface area contributed by atoms with Crippen molar-refractivity contribution >= 4 is 31.6 Å². The molecule has 0 radical (unpaired) electrons. The molecule has 8 heteroatoms. The van der Waals surface area contributed by atoms with Crippen LogP contribution in [0, 0.1) is 0 Å². The van der Waals surface area contributed by atoms with Gasteiger partial charge in [-0.15, -0.1) is 0 Å². The molecule has 0 heterocycles. The number of rotatable bonds is 4. The summed E-state index contributed by atoms with van der Waals surface area (Å²) < 4.78 is 30.4. The standard InChI is InChI=1S/C9H13BrN2O4S/c1-12(16-3)17(13,14)9-5-7(11)6(10)4-8(9)15-2/h4-5H,11H2,1-3H3. The molecule has 0 unspecified atom stereocenters. The van der Waals surface area contributed by atoms with E-state index in [0.29, 0.717) is 10.2 Å². The highest BCUT2D eigenvalue weighted by atomic mass is 79.9. The van der Waals surface area contributed by atoms with Crippen LogP contribution in [0.5, 0.6) is 5.75 Å². The van der Waals surface area contributed by atoms with Gasteiger partial charge in [0, 0.05) is 17.2 Å². The number of nitrogens with two attached hydrogens (primary N) is 1. The van der Waals surface area contributed by atoms with Crippen molar-refractivity contribution in [2.45, 2.75) is 4.90 Å². The number of hydrogen-bond donors (Lipinski definition) is 1. The van der Waals surface area contributed by atoms with Gasteiger partial charge in [-0.1, -0.05) is 4.47 Å².